The number of fused-ring (bicyclic) bond motifs is 1. The third kappa shape index (κ3) is 4.63. The van der Waals surface area contributed by atoms with Crippen molar-refractivity contribution in [2.75, 3.05) is 18.5 Å². The molecule has 10 nitrogen and oxygen atoms in total. The predicted octanol–water partition coefficient (Wildman–Crippen LogP) is 2.20. The van der Waals surface area contributed by atoms with Gasteiger partial charge in [-0.05, 0) is 40.4 Å². The van der Waals surface area contributed by atoms with Gasteiger partial charge in [-0.3, -0.25) is 0 Å². The Kier molecular flexibility index (Phi) is 6.04. The number of nitrogens with two attached hydrogens (primary N) is 1. The normalized spacial score (nSPS) is 16.3. The van der Waals surface area contributed by atoms with Crippen LogP contribution in [0.3, 0.4) is 0 Å². The first-order chi connectivity index (χ1) is 14.3. The van der Waals surface area contributed by atoms with Gasteiger partial charge in [0.2, 0.25) is 15.1 Å². The van der Waals surface area contributed by atoms with E-state index >= 15 is 0 Å². The van der Waals surface area contributed by atoms with E-state index in [2.05, 4.69) is 42.3 Å². The summed E-state index contributed by atoms with van der Waals surface area (Å²) >= 11 is 3.47. The van der Waals surface area contributed by atoms with E-state index in [1.807, 2.05) is 24.3 Å². The molecule has 30 heavy (non-hydrogen) atoms. The molecule has 158 valence electrons. The van der Waals surface area contributed by atoms with Gasteiger partial charge >= 0.3 is 0 Å². The van der Waals surface area contributed by atoms with Crippen molar-refractivity contribution in [1.82, 2.24) is 24.2 Å². The lowest BCUT2D eigenvalue weighted by atomic mass is 10.2. The van der Waals surface area contributed by atoms with E-state index in [1.54, 1.807) is 4.57 Å². The van der Waals surface area contributed by atoms with Crippen molar-refractivity contribution >= 4 is 61.4 Å². The molecule has 3 heterocycles. The lowest BCUT2D eigenvalue weighted by Crippen LogP contribution is -2.26. The average molecular weight is 560 g/mol. The molecule has 0 spiro atoms. The first-order valence-corrected chi connectivity index (χ1v) is 12.5. The molecule has 0 aliphatic carbocycles. The van der Waals surface area contributed by atoms with Crippen LogP contribution in [0.5, 0.6) is 0 Å². The fourth-order valence-corrected chi connectivity index (χ4v) is 4.72. The molecule has 1 aliphatic rings. The van der Waals surface area contributed by atoms with E-state index in [0.717, 1.165) is 15.4 Å². The third-order valence-corrected chi connectivity index (χ3v) is 6.69. The van der Waals surface area contributed by atoms with Gasteiger partial charge in [-0.15, -0.1) is 0 Å². The van der Waals surface area contributed by atoms with Gasteiger partial charge in [-0.1, -0.05) is 18.2 Å². The average Bonchev–Trinajstić information content (AvgIpc) is 3.28. The van der Waals surface area contributed by atoms with Crippen molar-refractivity contribution in [1.29, 1.82) is 0 Å². The summed E-state index contributed by atoms with van der Waals surface area (Å²) in [6.45, 7) is 0.472. The third-order valence-electron chi connectivity index (χ3n) is 4.09. The summed E-state index contributed by atoms with van der Waals surface area (Å²) in [6, 6.07) is 7.78. The van der Waals surface area contributed by atoms with Crippen molar-refractivity contribution in [3.05, 3.63) is 51.1 Å². The number of aromatic nitrogens is 4. The number of anilines is 1. The summed E-state index contributed by atoms with van der Waals surface area (Å²) < 4.78 is 39.7. The maximum atomic E-state index is 11.4. The molecule has 0 saturated heterocycles. The quantitative estimate of drug-likeness (QED) is 0.417. The standard InChI is InChI=1S/C17H17IN6O4S2/c1-30(25,26)22-6-7-24-15-13(14(19)20-9-21-15)23-17(24)29-12-8-27-16(28-12)10-4-2-3-5-11(10)18/h2-5,8-9,16,22H,6-7H2,1H3,(H2,19,20,21). The van der Waals surface area contributed by atoms with Crippen molar-refractivity contribution < 1.29 is 17.9 Å². The van der Waals surface area contributed by atoms with Crippen molar-refractivity contribution in [3.8, 4) is 0 Å². The van der Waals surface area contributed by atoms with Crippen LogP contribution in [0, 0.1) is 3.57 Å². The monoisotopic (exact) mass is 560 g/mol. The smallest absolute Gasteiger partial charge is 0.268 e. The number of halogens is 1. The molecule has 2 aromatic heterocycles. The molecule has 0 bridgehead atoms. The second-order valence-electron chi connectivity index (χ2n) is 6.29. The summed E-state index contributed by atoms with van der Waals surface area (Å²) in [6.07, 6.45) is 3.44. The predicted molar refractivity (Wildman–Crippen MR) is 121 cm³/mol. The number of hydrogen-bond donors (Lipinski definition) is 2. The Morgan fingerprint density at radius 2 is 2.13 bits per heavy atom. The second-order valence-corrected chi connectivity index (χ2v) is 10.3. The summed E-state index contributed by atoms with van der Waals surface area (Å²) in [5, 5.41) is 1.05. The van der Waals surface area contributed by atoms with Gasteiger partial charge in [0.1, 0.15) is 12.6 Å². The van der Waals surface area contributed by atoms with Crippen LogP contribution >= 0.6 is 34.4 Å². The van der Waals surface area contributed by atoms with E-state index in [-0.39, 0.29) is 12.4 Å². The molecule has 3 N–H and O–H groups in total. The highest BCUT2D eigenvalue weighted by Crippen LogP contribution is 2.39. The van der Waals surface area contributed by atoms with Gasteiger partial charge in [0.25, 0.3) is 6.29 Å². The Labute approximate surface area is 190 Å². The molecule has 0 saturated carbocycles. The zero-order chi connectivity index (χ0) is 21.3. The fraction of sp³-hybridized carbons (Fsp3) is 0.235. The SMILES string of the molecule is CS(=O)(=O)NCCn1c(SC2=COC(c3ccccc3I)O2)nc2c(N)ncnc21. The largest absolute Gasteiger partial charge is 0.454 e. The molecular formula is C17H17IN6O4S2. The van der Waals surface area contributed by atoms with Crippen molar-refractivity contribution in [3.63, 3.8) is 0 Å². The van der Waals surface area contributed by atoms with E-state index in [1.165, 1.54) is 24.4 Å². The minimum absolute atomic E-state index is 0.170. The number of ether oxygens (including phenoxy) is 2. The highest BCUT2D eigenvalue weighted by Gasteiger charge is 2.26. The van der Waals surface area contributed by atoms with Crippen molar-refractivity contribution in [2.45, 2.75) is 18.0 Å². The molecule has 4 rings (SSSR count). The Morgan fingerprint density at radius 3 is 2.90 bits per heavy atom. The van der Waals surface area contributed by atoms with Crippen LogP contribution in [0.15, 0.2) is 47.1 Å². The molecule has 13 heteroatoms. The summed E-state index contributed by atoms with van der Waals surface area (Å²) in [5.41, 5.74) is 7.81. The van der Waals surface area contributed by atoms with Crippen LogP contribution < -0.4 is 10.5 Å². The number of nitrogens with one attached hydrogen (secondary N) is 1. The zero-order valence-electron chi connectivity index (χ0n) is 15.6. The van der Waals surface area contributed by atoms with Gasteiger partial charge in [0, 0.05) is 22.2 Å². The minimum atomic E-state index is -3.32. The molecule has 3 aromatic rings. The molecule has 0 amide bonds. The van der Waals surface area contributed by atoms with Crippen LogP contribution in [-0.2, 0) is 26.0 Å². The number of nitrogens with zero attached hydrogens (tertiary/aromatic N) is 4. The molecule has 1 atom stereocenters. The first kappa shape index (κ1) is 21.1. The first-order valence-electron chi connectivity index (χ1n) is 8.68. The Balaban J connectivity index is 1.57. The molecular weight excluding hydrogens is 543 g/mol. The van der Waals surface area contributed by atoms with Gasteiger partial charge in [-0.2, -0.15) is 0 Å². The highest BCUT2D eigenvalue weighted by atomic mass is 127. The van der Waals surface area contributed by atoms with E-state index in [9.17, 15) is 8.42 Å². The van der Waals surface area contributed by atoms with Crippen molar-refractivity contribution in [2.24, 2.45) is 0 Å². The number of benzene rings is 1. The van der Waals surface area contributed by atoms with Crippen LogP contribution in [0.1, 0.15) is 11.9 Å². The Bertz CT molecular complexity index is 1230. The highest BCUT2D eigenvalue weighted by molar-refractivity contribution is 14.1. The number of hydrogen-bond acceptors (Lipinski definition) is 9. The topological polar surface area (TPSA) is 134 Å². The maximum absolute atomic E-state index is 11.4. The second kappa shape index (κ2) is 8.56. The summed E-state index contributed by atoms with van der Waals surface area (Å²) in [4.78, 5) is 12.8. The number of imidazole rings is 1. The minimum Gasteiger partial charge on any atom is -0.454 e. The van der Waals surface area contributed by atoms with Crippen LogP contribution in [0.2, 0.25) is 0 Å². The summed E-state index contributed by atoms with van der Waals surface area (Å²) in [5.74, 6) is 0.242. The van der Waals surface area contributed by atoms with E-state index in [4.69, 9.17) is 15.2 Å². The zero-order valence-corrected chi connectivity index (χ0v) is 19.4. The Morgan fingerprint density at radius 1 is 1.33 bits per heavy atom. The summed E-state index contributed by atoms with van der Waals surface area (Å²) in [7, 11) is -3.32. The van der Waals surface area contributed by atoms with E-state index < -0.39 is 16.3 Å². The van der Waals surface area contributed by atoms with Gasteiger partial charge < -0.3 is 19.8 Å². The van der Waals surface area contributed by atoms with Crippen LogP contribution in [0.4, 0.5) is 5.82 Å². The fourth-order valence-electron chi connectivity index (χ4n) is 2.78. The molecule has 0 fully saturated rings. The van der Waals surface area contributed by atoms with Crippen LogP contribution in [0.25, 0.3) is 11.2 Å². The lowest BCUT2D eigenvalue weighted by Gasteiger charge is -2.13. The van der Waals surface area contributed by atoms with Gasteiger partial charge in [0.15, 0.2) is 22.1 Å². The maximum Gasteiger partial charge on any atom is 0.268 e. The number of sulfonamides is 1. The number of rotatable bonds is 7. The Hall–Kier alpha value is -2.10. The molecule has 0 radical (unpaired) electrons. The lowest BCUT2D eigenvalue weighted by molar-refractivity contribution is -0.0279. The molecule has 1 aromatic carbocycles. The number of thioether (sulfide) groups is 1. The molecule has 1 aliphatic heterocycles. The molecule has 1 unspecified atom stereocenters. The van der Waals surface area contributed by atoms with Gasteiger partial charge in [0.05, 0.1) is 6.26 Å². The van der Waals surface area contributed by atoms with Crippen LogP contribution in [-0.4, -0.2) is 40.7 Å². The van der Waals surface area contributed by atoms with Gasteiger partial charge in [-0.25, -0.2) is 28.1 Å². The number of nitrogen functional groups attached to an aromatic ring is 1. The van der Waals surface area contributed by atoms with E-state index in [0.29, 0.717) is 28.0 Å².